The Bertz CT molecular complexity index is 1750. The summed E-state index contributed by atoms with van der Waals surface area (Å²) in [5.74, 6) is 2.06. The lowest BCUT2D eigenvalue weighted by Crippen LogP contribution is -2.48. The number of para-hydroxylation sites is 1. The quantitative estimate of drug-likeness (QED) is 0.224. The van der Waals surface area contributed by atoms with E-state index in [1.165, 1.54) is 24.3 Å². The van der Waals surface area contributed by atoms with Gasteiger partial charge in [-0.25, -0.2) is 9.37 Å². The van der Waals surface area contributed by atoms with Crippen LogP contribution < -0.4 is 10.5 Å². The van der Waals surface area contributed by atoms with Crippen LogP contribution in [0.25, 0.3) is 11.0 Å². The molecular formula is C29H23FN6O4. The first kappa shape index (κ1) is 26.4. The van der Waals surface area contributed by atoms with Crippen LogP contribution in [0.1, 0.15) is 22.9 Å². The molecule has 1 N–H and O–H groups in total. The van der Waals surface area contributed by atoms with Crippen molar-refractivity contribution in [3.8, 4) is 24.2 Å². The average Bonchev–Trinajstić information content (AvgIpc) is 2.96. The Morgan fingerprint density at radius 3 is 2.42 bits per heavy atom. The fraction of sp³-hybridized carbons (Fsp3) is 0.207. The lowest BCUT2D eigenvalue weighted by molar-refractivity contribution is -0.385. The minimum atomic E-state index is -0.849. The summed E-state index contributed by atoms with van der Waals surface area (Å²) in [6, 6.07) is 17.4. The number of nitrogens with zero attached hydrogens (tertiary/aromatic N) is 6. The molecule has 200 valence electrons. The summed E-state index contributed by atoms with van der Waals surface area (Å²) in [5.41, 5.74) is 0.418. The van der Waals surface area contributed by atoms with Crippen molar-refractivity contribution in [2.24, 2.45) is 0 Å². The molecule has 1 aliphatic rings. The minimum Gasteiger partial charge on any atom is -0.508 e. The average molecular weight is 539 g/mol. The summed E-state index contributed by atoms with van der Waals surface area (Å²) in [6.07, 6.45) is 5.44. The van der Waals surface area contributed by atoms with Gasteiger partial charge in [0, 0.05) is 31.7 Å². The van der Waals surface area contributed by atoms with Crippen molar-refractivity contribution in [3.05, 3.63) is 104 Å². The SMILES string of the molecule is C#CCn1c(=O)c([N+](=O)[O-])c(N2CCN([C@H](c3ccc(F)cc3)c3ccccc3O)CC2)c2nc(C#N)ccc21. The van der Waals surface area contributed by atoms with Crippen LogP contribution in [0.15, 0.2) is 65.5 Å². The molecule has 0 saturated carbocycles. The Hall–Kier alpha value is -5.26. The molecular weight excluding hydrogens is 515 g/mol. The van der Waals surface area contributed by atoms with Gasteiger partial charge in [-0.15, -0.1) is 6.42 Å². The normalized spacial score (nSPS) is 14.4. The highest BCUT2D eigenvalue weighted by molar-refractivity contribution is 5.94. The topological polar surface area (TPSA) is 129 Å². The lowest BCUT2D eigenvalue weighted by Gasteiger charge is -2.40. The first-order chi connectivity index (χ1) is 19.3. The maximum absolute atomic E-state index is 13.7. The van der Waals surface area contributed by atoms with E-state index in [-0.39, 0.29) is 48.1 Å². The van der Waals surface area contributed by atoms with Gasteiger partial charge in [0.05, 0.1) is 23.0 Å². The molecule has 1 atom stereocenters. The maximum Gasteiger partial charge on any atom is 0.359 e. The smallest absolute Gasteiger partial charge is 0.359 e. The molecule has 1 fully saturated rings. The van der Waals surface area contributed by atoms with E-state index in [1.54, 1.807) is 41.3 Å². The minimum absolute atomic E-state index is 0.0379. The van der Waals surface area contributed by atoms with E-state index in [4.69, 9.17) is 6.42 Å². The molecule has 0 radical (unpaired) electrons. The largest absolute Gasteiger partial charge is 0.508 e. The van der Waals surface area contributed by atoms with E-state index in [0.717, 1.165) is 10.1 Å². The predicted octanol–water partition coefficient (Wildman–Crippen LogP) is 3.57. The zero-order chi connectivity index (χ0) is 28.4. The number of pyridine rings is 2. The number of nitro groups is 1. The van der Waals surface area contributed by atoms with Crippen LogP contribution in [0.4, 0.5) is 15.8 Å². The molecule has 10 nitrogen and oxygen atoms in total. The molecule has 1 aliphatic heterocycles. The molecule has 0 aliphatic carbocycles. The van der Waals surface area contributed by atoms with Gasteiger partial charge in [-0.2, -0.15) is 5.26 Å². The number of hydrogen-bond donors (Lipinski definition) is 1. The van der Waals surface area contributed by atoms with Crippen LogP contribution in [0, 0.1) is 39.6 Å². The van der Waals surface area contributed by atoms with Crippen molar-refractivity contribution < 1.29 is 14.4 Å². The number of nitriles is 1. The van der Waals surface area contributed by atoms with E-state index < -0.39 is 22.2 Å². The monoisotopic (exact) mass is 538 g/mol. The summed E-state index contributed by atoms with van der Waals surface area (Å²) in [4.78, 5) is 32.9. The van der Waals surface area contributed by atoms with E-state index in [0.29, 0.717) is 24.2 Å². The third-order valence-corrected chi connectivity index (χ3v) is 7.02. The molecule has 0 amide bonds. The highest BCUT2D eigenvalue weighted by atomic mass is 19.1. The van der Waals surface area contributed by atoms with Gasteiger partial charge in [0.2, 0.25) is 0 Å². The van der Waals surface area contributed by atoms with Gasteiger partial charge < -0.3 is 10.0 Å². The predicted molar refractivity (Wildman–Crippen MR) is 146 cm³/mol. The number of phenolic OH excluding ortho intramolecular Hbond substituents is 1. The number of terminal acetylenes is 1. The molecule has 1 saturated heterocycles. The van der Waals surface area contributed by atoms with Crippen LogP contribution in [0.5, 0.6) is 5.75 Å². The molecule has 3 heterocycles. The Morgan fingerprint density at radius 1 is 1.10 bits per heavy atom. The van der Waals surface area contributed by atoms with Gasteiger partial charge in [0.1, 0.15) is 28.8 Å². The number of benzene rings is 2. The Labute approximate surface area is 228 Å². The molecule has 2 aromatic heterocycles. The number of aromatic hydroxyl groups is 1. The number of phenols is 1. The summed E-state index contributed by atoms with van der Waals surface area (Å²) in [5, 5.41) is 32.3. The molecule has 11 heteroatoms. The van der Waals surface area contributed by atoms with E-state index in [1.807, 2.05) is 6.07 Å². The molecule has 40 heavy (non-hydrogen) atoms. The van der Waals surface area contributed by atoms with Gasteiger partial charge in [-0.05, 0) is 35.9 Å². The number of rotatable bonds is 6. The Morgan fingerprint density at radius 2 is 1.80 bits per heavy atom. The summed E-state index contributed by atoms with van der Waals surface area (Å²) < 4.78 is 14.8. The lowest BCUT2D eigenvalue weighted by atomic mass is 9.95. The molecule has 0 spiro atoms. The second-order valence-electron chi connectivity index (χ2n) is 9.26. The second-order valence-corrected chi connectivity index (χ2v) is 9.26. The van der Waals surface area contributed by atoms with E-state index in [2.05, 4.69) is 15.8 Å². The number of aromatic nitrogens is 2. The summed E-state index contributed by atoms with van der Waals surface area (Å²) in [7, 11) is 0. The summed E-state index contributed by atoms with van der Waals surface area (Å²) in [6.45, 7) is 1.13. The Balaban J connectivity index is 1.58. The van der Waals surface area contributed by atoms with Crippen molar-refractivity contribution in [1.82, 2.24) is 14.5 Å². The molecule has 5 rings (SSSR count). The fourth-order valence-electron chi connectivity index (χ4n) is 5.22. The van der Waals surface area contributed by atoms with Crippen LogP contribution >= 0.6 is 0 Å². The van der Waals surface area contributed by atoms with E-state index >= 15 is 0 Å². The highest BCUT2D eigenvalue weighted by Gasteiger charge is 2.34. The number of piperazine rings is 1. The van der Waals surface area contributed by atoms with Gasteiger partial charge in [-0.3, -0.25) is 24.4 Å². The first-order valence-electron chi connectivity index (χ1n) is 12.4. The highest BCUT2D eigenvalue weighted by Crippen LogP contribution is 2.37. The zero-order valence-electron chi connectivity index (χ0n) is 21.2. The first-order valence-corrected chi connectivity index (χ1v) is 12.4. The zero-order valence-corrected chi connectivity index (χ0v) is 21.2. The maximum atomic E-state index is 13.7. The van der Waals surface area contributed by atoms with Crippen molar-refractivity contribution in [1.29, 1.82) is 5.26 Å². The van der Waals surface area contributed by atoms with Gasteiger partial charge in [0.25, 0.3) is 0 Å². The number of halogens is 1. The van der Waals surface area contributed by atoms with Crippen LogP contribution in [0.2, 0.25) is 0 Å². The van der Waals surface area contributed by atoms with Crippen LogP contribution in [-0.4, -0.2) is 50.7 Å². The van der Waals surface area contributed by atoms with Crippen molar-refractivity contribution >= 4 is 22.4 Å². The number of fused-ring (bicyclic) bond motifs is 1. The number of anilines is 1. The number of hydrogen-bond acceptors (Lipinski definition) is 8. The van der Waals surface area contributed by atoms with Crippen molar-refractivity contribution in [2.75, 3.05) is 31.1 Å². The third-order valence-electron chi connectivity index (χ3n) is 7.02. The third kappa shape index (κ3) is 4.70. The van der Waals surface area contributed by atoms with Gasteiger partial charge >= 0.3 is 11.2 Å². The second kappa shape index (κ2) is 10.8. The van der Waals surface area contributed by atoms with Gasteiger partial charge in [0.15, 0.2) is 5.69 Å². The standard InChI is InChI=1S/C29H23FN6O4/c1-2-13-35-23-12-11-21(18-31)32-25(23)27(28(29(35)38)36(39)40)34-16-14-33(15-17-34)26(19-7-9-20(30)10-8-19)22-5-3-4-6-24(22)37/h1,3-12,26,37H,13-17H2/t26-/m1/s1. The molecule has 2 aromatic carbocycles. The summed E-state index contributed by atoms with van der Waals surface area (Å²) >= 11 is 0. The fourth-order valence-corrected chi connectivity index (χ4v) is 5.22. The van der Waals surface area contributed by atoms with Gasteiger partial charge in [-0.1, -0.05) is 36.3 Å². The van der Waals surface area contributed by atoms with Crippen LogP contribution in [-0.2, 0) is 6.54 Å². The van der Waals surface area contributed by atoms with Crippen LogP contribution in [0.3, 0.4) is 0 Å². The molecule has 0 bridgehead atoms. The molecule has 0 unspecified atom stereocenters. The Kier molecular flexibility index (Phi) is 7.15. The molecule has 4 aromatic rings. The van der Waals surface area contributed by atoms with Crippen molar-refractivity contribution in [2.45, 2.75) is 12.6 Å². The van der Waals surface area contributed by atoms with E-state index in [9.17, 15) is 29.7 Å². The van der Waals surface area contributed by atoms with Crippen molar-refractivity contribution in [3.63, 3.8) is 0 Å².